The van der Waals surface area contributed by atoms with E-state index in [0.29, 0.717) is 0 Å². The minimum atomic E-state index is -0.694. The van der Waals surface area contributed by atoms with Crippen LogP contribution in [0.2, 0.25) is 0 Å². The number of hydrogen-bond donors (Lipinski definition) is 2. The average Bonchev–Trinajstić information content (AvgIpc) is 1.86. The minimum absolute atomic E-state index is 0.694. The summed E-state index contributed by atoms with van der Waals surface area (Å²) >= 11 is 0. The van der Waals surface area contributed by atoms with Crippen LogP contribution in [-0.2, 0) is 0 Å². The lowest BCUT2D eigenvalue weighted by atomic mass is 10.1. The molecular formula is C10H20O2. The van der Waals surface area contributed by atoms with E-state index in [9.17, 15) is 0 Å². The topological polar surface area (TPSA) is 40.5 Å². The van der Waals surface area contributed by atoms with Gasteiger partial charge in [0.1, 0.15) is 0 Å². The highest BCUT2D eigenvalue weighted by molar-refractivity contribution is 4.86. The third-order valence-electron chi connectivity index (χ3n) is 0.999. The number of aliphatic hydroxyl groups is 2. The van der Waals surface area contributed by atoms with Crippen LogP contribution in [0.15, 0.2) is 25.3 Å². The molecule has 2 N–H and O–H groups in total. The Morgan fingerprint density at radius 3 is 0.917 bits per heavy atom. The van der Waals surface area contributed by atoms with Gasteiger partial charge in [0.05, 0.1) is 11.2 Å². The Labute approximate surface area is 75.2 Å². The summed E-state index contributed by atoms with van der Waals surface area (Å²) in [4.78, 5) is 0. The van der Waals surface area contributed by atoms with Crippen LogP contribution in [0.1, 0.15) is 27.7 Å². The Hall–Kier alpha value is -0.600. The molecule has 0 fully saturated rings. The van der Waals surface area contributed by atoms with Gasteiger partial charge in [-0.05, 0) is 27.7 Å². The van der Waals surface area contributed by atoms with Crippen LogP contribution in [-0.4, -0.2) is 21.4 Å². The molecule has 0 amide bonds. The van der Waals surface area contributed by atoms with Gasteiger partial charge in [-0.2, -0.15) is 0 Å². The molecule has 0 rings (SSSR count). The fourth-order valence-corrected chi connectivity index (χ4v) is 0. The third-order valence-corrected chi connectivity index (χ3v) is 0.999. The largest absolute Gasteiger partial charge is 0.386 e. The maximum absolute atomic E-state index is 8.71. The maximum atomic E-state index is 8.71. The van der Waals surface area contributed by atoms with Crippen molar-refractivity contribution in [3.05, 3.63) is 25.3 Å². The van der Waals surface area contributed by atoms with Gasteiger partial charge in [0, 0.05) is 0 Å². The highest BCUT2D eigenvalue weighted by atomic mass is 16.3. The zero-order valence-corrected chi connectivity index (χ0v) is 8.46. The second-order valence-corrected chi connectivity index (χ2v) is 3.72. The molecule has 12 heavy (non-hydrogen) atoms. The monoisotopic (exact) mass is 172 g/mol. The standard InChI is InChI=1S/2C5H10O/c2*1-4-5(2,3)6/h2*4,6H,1H2,2-3H3. The molecule has 0 aromatic heterocycles. The zero-order valence-electron chi connectivity index (χ0n) is 8.46. The summed E-state index contributed by atoms with van der Waals surface area (Å²) in [5.41, 5.74) is -1.39. The van der Waals surface area contributed by atoms with Crippen LogP contribution in [0.4, 0.5) is 0 Å². The first-order valence-electron chi connectivity index (χ1n) is 3.84. The molecule has 2 nitrogen and oxygen atoms in total. The Bertz CT molecular complexity index is 117. The highest BCUT2D eigenvalue weighted by Gasteiger charge is 2.02. The van der Waals surface area contributed by atoms with Gasteiger partial charge in [0.25, 0.3) is 0 Å². The molecule has 0 aliphatic rings. The van der Waals surface area contributed by atoms with Crippen LogP contribution in [0.3, 0.4) is 0 Å². The van der Waals surface area contributed by atoms with Gasteiger partial charge in [-0.15, -0.1) is 13.2 Å². The van der Waals surface area contributed by atoms with Crippen molar-refractivity contribution >= 4 is 0 Å². The van der Waals surface area contributed by atoms with E-state index in [4.69, 9.17) is 10.2 Å². The van der Waals surface area contributed by atoms with E-state index < -0.39 is 11.2 Å². The predicted octanol–water partition coefficient (Wildman–Crippen LogP) is 1.89. The molecule has 0 saturated carbocycles. The first-order valence-corrected chi connectivity index (χ1v) is 3.84. The molecule has 0 aliphatic carbocycles. The fraction of sp³-hybridized carbons (Fsp3) is 0.600. The van der Waals surface area contributed by atoms with Gasteiger partial charge < -0.3 is 10.2 Å². The molecule has 0 aliphatic heterocycles. The van der Waals surface area contributed by atoms with Crippen LogP contribution in [0, 0.1) is 0 Å². The molecular weight excluding hydrogens is 152 g/mol. The maximum Gasteiger partial charge on any atom is 0.0769 e. The summed E-state index contributed by atoms with van der Waals surface area (Å²) in [6.07, 6.45) is 2.99. The Kier molecular flexibility index (Phi) is 5.95. The SMILES string of the molecule is C=CC(C)(C)O.C=CC(C)(C)O. The summed E-state index contributed by atoms with van der Waals surface area (Å²) in [6, 6.07) is 0. The third kappa shape index (κ3) is 22.7. The molecule has 72 valence electrons. The van der Waals surface area contributed by atoms with E-state index in [0.717, 1.165) is 0 Å². The second kappa shape index (κ2) is 5.12. The molecule has 0 heterocycles. The van der Waals surface area contributed by atoms with Crippen LogP contribution in [0.25, 0.3) is 0 Å². The van der Waals surface area contributed by atoms with Crippen LogP contribution < -0.4 is 0 Å². The summed E-state index contributed by atoms with van der Waals surface area (Å²) in [6.45, 7) is 13.5. The molecule has 0 atom stereocenters. The molecule has 0 aromatic rings. The van der Waals surface area contributed by atoms with Crippen molar-refractivity contribution in [3.8, 4) is 0 Å². The quantitative estimate of drug-likeness (QED) is 0.624. The second-order valence-electron chi connectivity index (χ2n) is 3.72. The van der Waals surface area contributed by atoms with Crippen molar-refractivity contribution in [1.29, 1.82) is 0 Å². The lowest BCUT2D eigenvalue weighted by molar-refractivity contribution is 0.133. The van der Waals surface area contributed by atoms with Gasteiger partial charge in [-0.3, -0.25) is 0 Å². The smallest absolute Gasteiger partial charge is 0.0769 e. The molecule has 0 aromatic carbocycles. The van der Waals surface area contributed by atoms with Gasteiger partial charge in [0.15, 0.2) is 0 Å². The Balaban J connectivity index is 0. The highest BCUT2D eigenvalue weighted by Crippen LogP contribution is 1.98. The Morgan fingerprint density at radius 2 is 0.917 bits per heavy atom. The fourth-order valence-electron chi connectivity index (χ4n) is 0. The number of hydrogen-bond acceptors (Lipinski definition) is 2. The molecule has 0 spiro atoms. The molecule has 0 radical (unpaired) electrons. The van der Waals surface area contributed by atoms with E-state index in [1.807, 2.05) is 0 Å². The Morgan fingerprint density at radius 1 is 0.833 bits per heavy atom. The molecule has 2 heteroatoms. The van der Waals surface area contributed by atoms with E-state index in [2.05, 4.69) is 13.2 Å². The summed E-state index contributed by atoms with van der Waals surface area (Å²) < 4.78 is 0. The van der Waals surface area contributed by atoms with Gasteiger partial charge >= 0.3 is 0 Å². The van der Waals surface area contributed by atoms with Crippen molar-refractivity contribution in [3.63, 3.8) is 0 Å². The van der Waals surface area contributed by atoms with Gasteiger partial charge in [-0.1, -0.05) is 12.2 Å². The first-order chi connectivity index (χ1) is 5.12. The molecule has 0 saturated heterocycles. The predicted molar refractivity (Wildman–Crippen MR) is 53.0 cm³/mol. The lowest BCUT2D eigenvalue weighted by Gasteiger charge is -2.07. The van der Waals surface area contributed by atoms with Crippen LogP contribution in [0.5, 0.6) is 0 Å². The summed E-state index contributed by atoms with van der Waals surface area (Å²) in [5, 5.41) is 17.4. The van der Waals surface area contributed by atoms with Gasteiger partial charge in [-0.25, -0.2) is 0 Å². The summed E-state index contributed by atoms with van der Waals surface area (Å²) in [5.74, 6) is 0. The van der Waals surface area contributed by atoms with Crippen LogP contribution >= 0.6 is 0 Å². The van der Waals surface area contributed by atoms with E-state index >= 15 is 0 Å². The lowest BCUT2D eigenvalue weighted by Crippen LogP contribution is -2.12. The van der Waals surface area contributed by atoms with Crippen molar-refractivity contribution in [2.24, 2.45) is 0 Å². The molecule has 0 bridgehead atoms. The van der Waals surface area contributed by atoms with E-state index in [-0.39, 0.29) is 0 Å². The van der Waals surface area contributed by atoms with Gasteiger partial charge in [0.2, 0.25) is 0 Å². The summed E-state index contributed by atoms with van der Waals surface area (Å²) in [7, 11) is 0. The van der Waals surface area contributed by atoms with Crippen molar-refractivity contribution in [2.45, 2.75) is 38.9 Å². The first kappa shape index (κ1) is 14.0. The van der Waals surface area contributed by atoms with E-state index in [1.165, 1.54) is 12.2 Å². The zero-order chi connectivity index (χ0) is 10.4. The minimum Gasteiger partial charge on any atom is -0.386 e. The average molecular weight is 172 g/mol. The van der Waals surface area contributed by atoms with Crippen molar-refractivity contribution in [1.82, 2.24) is 0 Å². The number of rotatable bonds is 2. The van der Waals surface area contributed by atoms with E-state index in [1.54, 1.807) is 27.7 Å². The van der Waals surface area contributed by atoms with Crippen molar-refractivity contribution in [2.75, 3.05) is 0 Å². The van der Waals surface area contributed by atoms with Crippen molar-refractivity contribution < 1.29 is 10.2 Å². The molecule has 0 unspecified atom stereocenters. The normalized spacial score (nSPS) is 11.2.